The molecule has 1 atom stereocenters. The van der Waals surface area contributed by atoms with Gasteiger partial charge in [-0.05, 0) is 37.6 Å². The van der Waals surface area contributed by atoms with Crippen molar-refractivity contribution >= 4 is 46.1 Å². The van der Waals surface area contributed by atoms with E-state index in [1.54, 1.807) is 19.4 Å². The van der Waals surface area contributed by atoms with Crippen molar-refractivity contribution in [1.29, 1.82) is 0 Å². The van der Waals surface area contributed by atoms with Gasteiger partial charge in [0, 0.05) is 6.20 Å². The van der Waals surface area contributed by atoms with E-state index in [2.05, 4.69) is 20.3 Å². The average Bonchev–Trinajstić information content (AvgIpc) is 2.96. The third-order valence-corrected chi connectivity index (χ3v) is 4.74. The molecule has 1 aromatic carbocycles. The van der Waals surface area contributed by atoms with Gasteiger partial charge in [0.05, 0.1) is 28.6 Å². The molecule has 2 aromatic heterocycles. The van der Waals surface area contributed by atoms with Crippen LogP contribution in [-0.2, 0) is 4.79 Å². The zero-order valence-corrected chi connectivity index (χ0v) is 15.5. The minimum absolute atomic E-state index is 0.139. The number of rotatable bonds is 5. The number of thioether (sulfide) groups is 1. The van der Waals surface area contributed by atoms with Crippen LogP contribution in [0.25, 0.3) is 11.2 Å². The van der Waals surface area contributed by atoms with Gasteiger partial charge in [0.2, 0.25) is 5.91 Å². The summed E-state index contributed by atoms with van der Waals surface area (Å²) in [5.74, 6) is 0.485. The van der Waals surface area contributed by atoms with Crippen LogP contribution >= 0.6 is 23.4 Å². The number of hydrogen-bond acceptors (Lipinski definition) is 5. The third kappa shape index (κ3) is 4.05. The highest BCUT2D eigenvalue weighted by Crippen LogP contribution is 2.28. The van der Waals surface area contributed by atoms with Crippen molar-refractivity contribution < 1.29 is 9.53 Å². The summed E-state index contributed by atoms with van der Waals surface area (Å²) in [6.45, 7) is 3.77. The van der Waals surface area contributed by atoms with Gasteiger partial charge in [-0.25, -0.2) is 9.97 Å². The number of methoxy groups -OCH3 is 1. The molecule has 1 amide bonds. The topological polar surface area (TPSA) is 79.9 Å². The summed E-state index contributed by atoms with van der Waals surface area (Å²) in [6.07, 6.45) is 1.54. The lowest BCUT2D eigenvalue weighted by Gasteiger charge is -2.14. The number of H-pyrrole nitrogens is 1. The number of carbonyl (C=O) groups excluding carboxylic acids is 1. The lowest BCUT2D eigenvalue weighted by Crippen LogP contribution is -2.22. The number of halogens is 1. The van der Waals surface area contributed by atoms with Gasteiger partial charge in [0.15, 0.2) is 10.8 Å². The highest BCUT2D eigenvalue weighted by atomic mass is 35.5. The molecular weight excluding hydrogens is 360 g/mol. The van der Waals surface area contributed by atoms with Crippen LogP contribution in [0.15, 0.2) is 35.6 Å². The Hall–Kier alpha value is -2.25. The maximum atomic E-state index is 12.5. The number of fused-ring (bicyclic) bond motifs is 1. The number of nitrogens with one attached hydrogen (secondary N) is 2. The summed E-state index contributed by atoms with van der Waals surface area (Å²) in [5.41, 5.74) is 3.00. The first-order valence-corrected chi connectivity index (χ1v) is 8.85. The maximum Gasteiger partial charge on any atom is 0.237 e. The van der Waals surface area contributed by atoms with E-state index in [0.29, 0.717) is 27.3 Å². The molecule has 0 aliphatic heterocycles. The van der Waals surface area contributed by atoms with Crippen LogP contribution in [0.2, 0.25) is 5.02 Å². The van der Waals surface area contributed by atoms with Crippen molar-refractivity contribution in [2.24, 2.45) is 0 Å². The molecule has 6 nitrogen and oxygen atoms in total. The molecule has 0 fully saturated rings. The standard InChI is InChI=1S/C17H17ClN4O2S/c1-9-4-5-14(24-3)12(6-9)20-16(23)10(2)25-17-21-13-7-11(18)8-19-15(13)22-17/h4-8,10H,1-3H3,(H,20,23)(H,19,21,22)/t10-/m1/s1. The summed E-state index contributed by atoms with van der Waals surface area (Å²) in [6, 6.07) is 7.39. The van der Waals surface area contributed by atoms with Gasteiger partial charge in [-0.1, -0.05) is 29.4 Å². The number of aryl methyl sites for hydroxylation is 1. The van der Waals surface area contributed by atoms with Crippen molar-refractivity contribution in [3.63, 3.8) is 0 Å². The zero-order valence-electron chi connectivity index (χ0n) is 14.0. The molecule has 0 aliphatic rings. The lowest BCUT2D eigenvalue weighted by molar-refractivity contribution is -0.115. The number of hydrogen-bond donors (Lipinski definition) is 2. The van der Waals surface area contributed by atoms with Crippen LogP contribution in [0.3, 0.4) is 0 Å². The minimum atomic E-state index is -0.360. The normalized spacial score (nSPS) is 12.2. The largest absolute Gasteiger partial charge is 0.495 e. The Bertz CT molecular complexity index is 928. The predicted octanol–water partition coefficient (Wildman–Crippen LogP) is 4.05. The van der Waals surface area contributed by atoms with E-state index < -0.39 is 0 Å². The Morgan fingerprint density at radius 2 is 2.20 bits per heavy atom. The quantitative estimate of drug-likeness (QED) is 0.657. The van der Waals surface area contributed by atoms with Crippen LogP contribution in [0.4, 0.5) is 5.69 Å². The predicted molar refractivity (Wildman–Crippen MR) is 101 cm³/mol. The Balaban J connectivity index is 1.72. The van der Waals surface area contributed by atoms with E-state index in [0.717, 1.165) is 11.1 Å². The summed E-state index contributed by atoms with van der Waals surface area (Å²) >= 11 is 7.24. The third-order valence-electron chi connectivity index (χ3n) is 3.55. The van der Waals surface area contributed by atoms with Gasteiger partial charge in [0.25, 0.3) is 0 Å². The van der Waals surface area contributed by atoms with Crippen LogP contribution in [0.1, 0.15) is 12.5 Å². The second kappa shape index (κ2) is 7.33. The number of aromatic amines is 1. The van der Waals surface area contributed by atoms with Crippen LogP contribution in [0, 0.1) is 6.92 Å². The van der Waals surface area contributed by atoms with Gasteiger partial charge >= 0.3 is 0 Å². The molecule has 0 radical (unpaired) electrons. The van der Waals surface area contributed by atoms with Crippen molar-refractivity contribution in [2.45, 2.75) is 24.3 Å². The Labute approximate surface area is 154 Å². The Kier molecular flexibility index (Phi) is 5.15. The van der Waals surface area contributed by atoms with Gasteiger partial charge in [0.1, 0.15) is 5.75 Å². The molecule has 25 heavy (non-hydrogen) atoms. The molecule has 2 N–H and O–H groups in total. The van der Waals surface area contributed by atoms with Gasteiger partial charge in [-0.2, -0.15) is 0 Å². The van der Waals surface area contributed by atoms with E-state index in [4.69, 9.17) is 16.3 Å². The van der Waals surface area contributed by atoms with E-state index in [1.807, 2.05) is 32.0 Å². The van der Waals surface area contributed by atoms with Crippen LogP contribution in [0.5, 0.6) is 5.75 Å². The van der Waals surface area contributed by atoms with Crippen molar-refractivity contribution in [2.75, 3.05) is 12.4 Å². The molecule has 8 heteroatoms. The van der Waals surface area contributed by atoms with E-state index in [1.165, 1.54) is 11.8 Å². The average molecular weight is 377 g/mol. The van der Waals surface area contributed by atoms with Crippen LogP contribution < -0.4 is 10.1 Å². The Morgan fingerprint density at radius 1 is 1.40 bits per heavy atom. The molecule has 0 unspecified atom stereocenters. The zero-order chi connectivity index (χ0) is 18.0. The number of carbonyl (C=O) groups is 1. The summed E-state index contributed by atoms with van der Waals surface area (Å²) in [7, 11) is 1.57. The number of amides is 1. The molecular formula is C17H17ClN4O2S. The molecule has 0 aliphatic carbocycles. The van der Waals surface area contributed by atoms with Crippen LogP contribution in [-0.4, -0.2) is 33.2 Å². The lowest BCUT2D eigenvalue weighted by atomic mass is 10.2. The maximum absolute atomic E-state index is 12.5. The van der Waals surface area contributed by atoms with E-state index in [-0.39, 0.29) is 11.2 Å². The summed E-state index contributed by atoms with van der Waals surface area (Å²) in [4.78, 5) is 24.1. The molecule has 3 rings (SSSR count). The number of benzene rings is 1. The minimum Gasteiger partial charge on any atom is -0.495 e. The SMILES string of the molecule is COc1ccc(C)cc1NC(=O)[C@@H](C)Sc1nc2ncc(Cl)cc2[nH]1. The van der Waals surface area contributed by atoms with Crippen molar-refractivity contribution in [1.82, 2.24) is 15.0 Å². The molecule has 0 saturated carbocycles. The number of ether oxygens (including phenoxy) is 1. The first kappa shape index (κ1) is 17.6. The fraction of sp³-hybridized carbons (Fsp3) is 0.235. The van der Waals surface area contributed by atoms with E-state index in [9.17, 15) is 4.79 Å². The highest BCUT2D eigenvalue weighted by Gasteiger charge is 2.18. The van der Waals surface area contributed by atoms with Gasteiger partial charge in [-0.3, -0.25) is 4.79 Å². The number of nitrogens with zero attached hydrogens (tertiary/aromatic N) is 2. The summed E-state index contributed by atoms with van der Waals surface area (Å²) in [5, 5.41) is 3.69. The number of imidazole rings is 1. The van der Waals surface area contributed by atoms with Crippen molar-refractivity contribution in [3.05, 3.63) is 41.0 Å². The van der Waals surface area contributed by atoms with E-state index >= 15 is 0 Å². The first-order chi connectivity index (χ1) is 12.0. The molecule has 0 bridgehead atoms. The number of pyridine rings is 1. The monoisotopic (exact) mass is 376 g/mol. The smallest absolute Gasteiger partial charge is 0.237 e. The fourth-order valence-electron chi connectivity index (χ4n) is 2.28. The van der Waals surface area contributed by atoms with Gasteiger partial charge in [-0.15, -0.1) is 0 Å². The Morgan fingerprint density at radius 3 is 2.96 bits per heavy atom. The molecule has 130 valence electrons. The number of aromatic nitrogens is 3. The first-order valence-electron chi connectivity index (χ1n) is 7.59. The molecule has 2 heterocycles. The molecule has 3 aromatic rings. The summed E-state index contributed by atoms with van der Waals surface area (Å²) < 4.78 is 5.29. The molecule has 0 spiro atoms. The highest BCUT2D eigenvalue weighted by molar-refractivity contribution is 8.00. The van der Waals surface area contributed by atoms with Gasteiger partial charge < -0.3 is 15.0 Å². The second-order valence-corrected chi connectivity index (χ2v) is 7.29. The van der Waals surface area contributed by atoms with Crippen molar-refractivity contribution in [3.8, 4) is 5.75 Å². The fourth-order valence-corrected chi connectivity index (χ4v) is 3.25. The number of anilines is 1. The molecule has 0 saturated heterocycles. The second-order valence-electron chi connectivity index (χ2n) is 5.52.